The van der Waals surface area contributed by atoms with Gasteiger partial charge in [0.1, 0.15) is 0 Å². The van der Waals surface area contributed by atoms with E-state index in [-0.39, 0.29) is 31.5 Å². The summed E-state index contributed by atoms with van der Waals surface area (Å²) < 4.78 is 29.0. The zero-order chi connectivity index (χ0) is 18.8. The number of carboxylic acids is 1. The fraction of sp³-hybridized carbons (Fsp3) is 0.300. The highest BCUT2D eigenvalue weighted by atomic mass is 19.3. The van der Waals surface area contributed by atoms with Crippen LogP contribution < -0.4 is 0 Å². The van der Waals surface area contributed by atoms with Crippen molar-refractivity contribution in [3.05, 3.63) is 71.8 Å². The quantitative estimate of drug-likeness (QED) is 0.910. The number of carbonyl (C=O) groups is 2. The number of piperidine rings is 1. The first-order valence-electron chi connectivity index (χ1n) is 8.39. The Bertz CT molecular complexity index is 785. The van der Waals surface area contributed by atoms with E-state index in [1.54, 1.807) is 36.4 Å². The van der Waals surface area contributed by atoms with Gasteiger partial charge in [0, 0.05) is 18.7 Å². The molecule has 0 spiro atoms. The number of aliphatic carboxylic acids is 1. The molecule has 136 valence electrons. The van der Waals surface area contributed by atoms with E-state index in [9.17, 15) is 23.5 Å². The van der Waals surface area contributed by atoms with E-state index in [1.807, 2.05) is 0 Å². The van der Waals surface area contributed by atoms with Crippen molar-refractivity contribution in [2.24, 2.45) is 0 Å². The number of carbonyl (C=O) groups excluding carboxylic acids is 1. The number of halogens is 2. The minimum absolute atomic E-state index is 0.0253. The molecule has 1 N–H and O–H groups in total. The molecule has 0 bridgehead atoms. The summed E-state index contributed by atoms with van der Waals surface area (Å²) in [7, 11) is 0. The number of likely N-dealkylation sites (tertiary alicyclic amines) is 1. The second kappa shape index (κ2) is 6.86. The lowest BCUT2D eigenvalue weighted by Crippen LogP contribution is -2.52. The summed E-state index contributed by atoms with van der Waals surface area (Å²) in [4.78, 5) is 25.4. The van der Waals surface area contributed by atoms with Gasteiger partial charge in [0.2, 0.25) is 0 Å². The van der Waals surface area contributed by atoms with Crippen molar-refractivity contribution in [1.82, 2.24) is 4.90 Å². The highest BCUT2D eigenvalue weighted by molar-refractivity contribution is 5.86. The molecule has 6 heteroatoms. The standard InChI is InChI=1S/C20H19F2NO3/c21-20(22,16-9-5-2-6-10-16)17(24)23-13-11-19(12-14-23,18(25)26)15-7-3-1-4-8-15/h1-10H,11-14H2,(H,25,26). The summed E-state index contributed by atoms with van der Waals surface area (Å²) in [5, 5.41) is 9.75. The third kappa shape index (κ3) is 3.07. The van der Waals surface area contributed by atoms with Crippen LogP contribution in [-0.2, 0) is 20.9 Å². The Morgan fingerprint density at radius 1 is 0.923 bits per heavy atom. The highest BCUT2D eigenvalue weighted by Crippen LogP contribution is 2.38. The third-order valence-corrected chi connectivity index (χ3v) is 5.04. The zero-order valence-electron chi connectivity index (χ0n) is 14.1. The lowest BCUT2D eigenvalue weighted by Gasteiger charge is -2.40. The maximum absolute atomic E-state index is 14.5. The Kier molecular flexibility index (Phi) is 4.76. The molecular formula is C20H19F2NO3. The average molecular weight is 359 g/mol. The fourth-order valence-corrected chi connectivity index (χ4v) is 3.44. The Morgan fingerprint density at radius 2 is 1.42 bits per heavy atom. The number of nitrogens with zero attached hydrogens (tertiary/aromatic N) is 1. The van der Waals surface area contributed by atoms with Crippen molar-refractivity contribution < 1.29 is 23.5 Å². The topological polar surface area (TPSA) is 57.6 Å². The van der Waals surface area contributed by atoms with Crippen LogP contribution in [0, 0.1) is 0 Å². The second-order valence-corrected chi connectivity index (χ2v) is 6.49. The van der Waals surface area contributed by atoms with Gasteiger partial charge in [-0.05, 0) is 18.4 Å². The molecule has 0 aromatic heterocycles. The Labute approximate surface area is 150 Å². The molecule has 1 amide bonds. The van der Waals surface area contributed by atoms with E-state index < -0.39 is 23.2 Å². The van der Waals surface area contributed by atoms with Crippen LogP contribution >= 0.6 is 0 Å². The van der Waals surface area contributed by atoms with Crippen LogP contribution in [0.5, 0.6) is 0 Å². The van der Waals surface area contributed by atoms with Crippen LogP contribution in [-0.4, -0.2) is 35.0 Å². The van der Waals surface area contributed by atoms with Gasteiger partial charge in [0.15, 0.2) is 0 Å². The van der Waals surface area contributed by atoms with E-state index in [0.29, 0.717) is 5.56 Å². The summed E-state index contributed by atoms with van der Waals surface area (Å²) in [5.41, 5.74) is -0.877. The lowest BCUT2D eigenvalue weighted by atomic mass is 9.72. The molecule has 1 saturated heterocycles. The van der Waals surface area contributed by atoms with Crippen LogP contribution in [0.4, 0.5) is 8.78 Å². The predicted octanol–water partition coefficient (Wildman–Crippen LogP) is 3.42. The minimum atomic E-state index is -3.63. The predicted molar refractivity (Wildman–Crippen MR) is 91.9 cm³/mol. The molecule has 26 heavy (non-hydrogen) atoms. The molecule has 0 radical (unpaired) electrons. The molecule has 3 rings (SSSR count). The Balaban J connectivity index is 1.79. The average Bonchev–Trinajstić information content (AvgIpc) is 2.68. The van der Waals surface area contributed by atoms with E-state index in [4.69, 9.17) is 0 Å². The maximum Gasteiger partial charge on any atom is 0.349 e. The van der Waals surface area contributed by atoms with Crippen molar-refractivity contribution in [2.45, 2.75) is 24.2 Å². The van der Waals surface area contributed by atoms with Gasteiger partial charge in [-0.3, -0.25) is 9.59 Å². The number of rotatable bonds is 4. The van der Waals surface area contributed by atoms with Crippen molar-refractivity contribution in [2.75, 3.05) is 13.1 Å². The summed E-state index contributed by atoms with van der Waals surface area (Å²) in [6.07, 6.45) is 0.200. The van der Waals surface area contributed by atoms with Gasteiger partial charge in [0.05, 0.1) is 5.41 Å². The molecule has 4 nitrogen and oxygen atoms in total. The zero-order valence-corrected chi connectivity index (χ0v) is 14.1. The summed E-state index contributed by atoms with van der Waals surface area (Å²) in [6, 6.07) is 15.7. The molecule has 2 aromatic rings. The minimum Gasteiger partial charge on any atom is -0.481 e. The molecule has 0 unspecified atom stereocenters. The molecule has 1 aliphatic rings. The van der Waals surface area contributed by atoms with Crippen LogP contribution in [0.1, 0.15) is 24.0 Å². The first kappa shape index (κ1) is 18.0. The maximum atomic E-state index is 14.5. The lowest BCUT2D eigenvalue weighted by molar-refractivity contribution is -0.163. The molecular weight excluding hydrogens is 340 g/mol. The summed E-state index contributed by atoms with van der Waals surface area (Å²) in [6.45, 7) is -0.0507. The monoisotopic (exact) mass is 359 g/mol. The molecule has 1 fully saturated rings. The third-order valence-electron chi connectivity index (χ3n) is 5.04. The van der Waals surface area contributed by atoms with Crippen LogP contribution in [0.25, 0.3) is 0 Å². The van der Waals surface area contributed by atoms with Crippen molar-refractivity contribution in [3.63, 3.8) is 0 Å². The first-order valence-corrected chi connectivity index (χ1v) is 8.39. The molecule has 0 saturated carbocycles. The van der Waals surface area contributed by atoms with Crippen LogP contribution in [0.3, 0.4) is 0 Å². The molecule has 0 atom stereocenters. The van der Waals surface area contributed by atoms with Gasteiger partial charge in [0.25, 0.3) is 5.91 Å². The SMILES string of the molecule is O=C(N1CCC(C(=O)O)(c2ccccc2)CC1)C(F)(F)c1ccccc1. The van der Waals surface area contributed by atoms with Crippen molar-refractivity contribution in [3.8, 4) is 0 Å². The smallest absolute Gasteiger partial charge is 0.349 e. The highest BCUT2D eigenvalue weighted by Gasteiger charge is 2.49. The van der Waals surface area contributed by atoms with Crippen LogP contribution in [0.2, 0.25) is 0 Å². The molecule has 0 aliphatic carbocycles. The van der Waals surface area contributed by atoms with Gasteiger partial charge in [-0.15, -0.1) is 0 Å². The fourth-order valence-electron chi connectivity index (χ4n) is 3.44. The van der Waals surface area contributed by atoms with E-state index >= 15 is 0 Å². The van der Waals surface area contributed by atoms with E-state index in [1.165, 1.54) is 24.3 Å². The summed E-state index contributed by atoms with van der Waals surface area (Å²) in [5.74, 6) is -5.90. The number of carboxylic acid groups (broad SMARTS) is 1. The molecule has 1 aliphatic heterocycles. The molecule has 2 aromatic carbocycles. The van der Waals surface area contributed by atoms with Crippen LogP contribution in [0.15, 0.2) is 60.7 Å². The Morgan fingerprint density at radius 3 is 1.92 bits per heavy atom. The van der Waals surface area contributed by atoms with Gasteiger partial charge >= 0.3 is 11.9 Å². The number of hydrogen-bond acceptors (Lipinski definition) is 2. The second-order valence-electron chi connectivity index (χ2n) is 6.49. The van der Waals surface area contributed by atoms with Gasteiger partial charge in [-0.1, -0.05) is 60.7 Å². The van der Waals surface area contributed by atoms with Gasteiger partial charge in [-0.2, -0.15) is 8.78 Å². The van der Waals surface area contributed by atoms with Gasteiger partial charge in [-0.25, -0.2) is 0 Å². The summed E-state index contributed by atoms with van der Waals surface area (Å²) >= 11 is 0. The van der Waals surface area contributed by atoms with Crippen molar-refractivity contribution >= 4 is 11.9 Å². The number of hydrogen-bond donors (Lipinski definition) is 1. The largest absolute Gasteiger partial charge is 0.481 e. The first-order chi connectivity index (χ1) is 12.4. The van der Waals surface area contributed by atoms with Crippen molar-refractivity contribution in [1.29, 1.82) is 0 Å². The number of amides is 1. The molecule has 1 heterocycles. The Hall–Kier alpha value is -2.76. The van der Waals surface area contributed by atoms with Gasteiger partial charge < -0.3 is 10.0 Å². The van der Waals surface area contributed by atoms with E-state index in [0.717, 1.165) is 4.90 Å². The normalized spacial score (nSPS) is 16.9. The number of alkyl halides is 2. The van der Waals surface area contributed by atoms with E-state index in [2.05, 4.69) is 0 Å². The number of benzene rings is 2.